The largest absolute Gasteiger partial charge is 0.457 e. The fraction of sp³-hybridized carbons (Fsp3) is 0.981. The van der Waals surface area contributed by atoms with Gasteiger partial charge in [0.1, 0.15) is 30.5 Å². The van der Waals surface area contributed by atoms with Gasteiger partial charge in [0.2, 0.25) is 0 Å². The van der Waals surface area contributed by atoms with E-state index in [1.54, 1.807) is 0 Å². The number of esters is 1. The summed E-state index contributed by atoms with van der Waals surface area (Å²) in [7, 11) is 0. The molecule has 1 saturated heterocycles. The number of hydrogen-bond acceptors (Lipinski definition) is 9. The molecule has 1 fully saturated rings. The van der Waals surface area contributed by atoms with Gasteiger partial charge in [0.15, 0.2) is 6.29 Å². The zero-order valence-corrected chi connectivity index (χ0v) is 40.2. The van der Waals surface area contributed by atoms with Crippen molar-refractivity contribution in [3.05, 3.63) is 0 Å². The molecule has 6 atom stereocenters. The van der Waals surface area contributed by atoms with Crippen LogP contribution < -0.4 is 0 Å². The molecule has 9 heteroatoms. The molecule has 0 bridgehead atoms. The van der Waals surface area contributed by atoms with Crippen molar-refractivity contribution < 1.29 is 44.2 Å². The molecule has 9 nitrogen and oxygen atoms in total. The summed E-state index contributed by atoms with van der Waals surface area (Å²) in [5.74, 6) is -0.304. The number of aliphatic hydroxyl groups is 4. The minimum absolute atomic E-state index is 0.104. The van der Waals surface area contributed by atoms with Crippen molar-refractivity contribution in [1.29, 1.82) is 0 Å². The van der Waals surface area contributed by atoms with E-state index < -0.39 is 43.4 Å². The SMILES string of the molecule is CCCCCCCCCCCCCCCCCCCCCOCC(COC1OC(CO)C(O)C(O)C1O)OC(=O)CCCCCCCCCCCCCCCCCCCCC. The standard InChI is InChI=1S/C52H102O9/c1-3-5-7-9-11-13-15-17-19-21-23-25-27-29-31-33-35-37-39-41-48(54)60-46(45-59-52-51(57)50(56)49(55)47(43-53)61-52)44-58-42-40-38-36-34-32-30-28-26-24-22-20-18-16-14-12-10-8-6-4-2/h46-47,49-53,55-57H,3-45H2,1-2H3. The molecule has 1 aliphatic rings. The van der Waals surface area contributed by atoms with E-state index in [1.165, 1.54) is 212 Å². The lowest BCUT2D eigenvalue weighted by molar-refractivity contribution is -0.305. The average Bonchev–Trinajstić information content (AvgIpc) is 3.26. The summed E-state index contributed by atoms with van der Waals surface area (Å²) in [6, 6.07) is 0. The summed E-state index contributed by atoms with van der Waals surface area (Å²) < 4.78 is 22.9. The summed E-state index contributed by atoms with van der Waals surface area (Å²) in [5, 5.41) is 40.3. The van der Waals surface area contributed by atoms with Gasteiger partial charge in [-0.2, -0.15) is 0 Å². The second-order valence-corrected chi connectivity index (χ2v) is 18.7. The number of hydrogen-bond donors (Lipinski definition) is 4. The highest BCUT2D eigenvalue weighted by Gasteiger charge is 2.44. The van der Waals surface area contributed by atoms with Crippen LogP contribution in [0.2, 0.25) is 0 Å². The maximum atomic E-state index is 12.8. The Labute approximate surface area is 376 Å². The molecule has 0 spiro atoms. The van der Waals surface area contributed by atoms with E-state index in [9.17, 15) is 25.2 Å². The van der Waals surface area contributed by atoms with Crippen molar-refractivity contribution >= 4 is 5.97 Å². The summed E-state index contributed by atoms with van der Waals surface area (Å²) in [5.41, 5.74) is 0. The van der Waals surface area contributed by atoms with Crippen LogP contribution in [0.15, 0.2) is 0 Å². The second-order valence-electron chi connectivity index (χ2n) is 18.7. The van der Waals surface area contributed by atoms with E-state index in [1.807, 2.05) is 0 Å². The van der Waals surface area contributed by atoms with Crippen LogP contribution in [0, 0.1) is 0 Å². The zero-order chi connectivity index (χ0) is 44.3. The van der Waals surface area contributed by atoms with Crippen molar-refractivity contribution in [2.45, 2.75) is 301 Å². The van der Waals surface area contributed by atoms with Gasteiger partial charge in [0, 0.05) is 13.0 Å². The molecular formula is C52H102O9. The molecule has 1 heterocycles. The monoisotopic (exact) mass is 871 g/mol. The van der Waals surface area contributed by atoms with Crippen LogP contribution in [0.3, 0.4) is 0 Å². The first-order valence-electron chi connectivity index (χ1n) is 26.6. The first kappa shape index (κ1) is 58.2. The van der Waals surface area contributed by atoms with Crippen LogP contribution in [-0.2, 0) is 23.7 Å². The van der Waals surface area contributed by atoms with Gasteiger partial charge in [0.05, 0.1) is 19.8 Å². The molecule has 0 radical (unpaired) electrons. The topological polar surface area (TPSA) is 135 Å². The first-order valence-corrected chi connectivity index (χ1v) is 26.6. The molecule has 4 N–H and O–H groups in total. The normalized spacial score (nSPS) is 19.7. The quantitative estimate of drug-likeness (QED) is 0.0348. The maximum Gasteiger partial charge on any atom is 0.306 e. The minimum atomic E-state index is -1.53. The number of ether oxygens (including phenoxy) is 4. The number of unbranched alkanes of at least 4 members (excludes halogenated alkanes) is 36. The summed E-state index contributed by atoms with van der Waals surface area (Å²) in [6.45, 7) is 4.64. The van der Waals surface area contributed by atoms with Gasteiger partial charge in [-0.05, 0) is 12.8 Å². The van der Waals surface area contributed by atoms with Crippen LogP contribution in [-0.4, -0.2) is 89.6 Å². The summed E-state index contributed by atoms with van der Waals surface area (Å²) in [6.07, 6.45) is 42.8. The van der Waals surface area contributed by atoms with Gasteiger partial charge < -0.3 is 39.4 Å². The highest BCUT2D eigenvalue weighted by atomic mass is 16.7. The molecule has 0 aromatic heterocycles. The second kappa shape index (κ2) is 44.4. The molecular weight excluding hydrogens is 769 g/mol. The van der Waals surface area contributed by atoms with Gasteiger partial charge >= 0.3 is 5.97 Å². The molecule has 0 amide bonds. The van der Waals surface area contributed by atoms with Crippen LogP contribution in [0.1, 0.15) is 264 Å². The van der Waals surface area contributed by atoms with Crippen LogP contribution in [0.25, 0.3) is 0 Å². The minimum Gasteiger partial charge on any atom is -0.457 e. The lowest BCUT2D eigenvalue weighted by Crippen LogP contribution is -2.59. The van der Waals surface area contributed by atoms with E-state index in [4.69, 9.17) is 18.9 Å². The highest BCUT2D eigenvalue weighted by Crippen LogP contribution is 2.23. The Morgan fingerprint density at radius 1 is 0.459 bits per heavy atom. The molecule has 0 aromatic rings. The van der Waals surface area contributed by atoms with E-state index in [-0.39, 0.29) is 19.2 Å². The molecule has 0 saturated carbocycles. The molecule has 364 valence electrons. The van der Waals surface area contributed by atoms with Gasteiger partial charge in [-0.1, -0.05) is 245 Å². The Hall–Kier alpha value is -0.810. The number of aliphatic hydroxyl groups excluding tert-OH is 4. The van der Waals surface area contributed by atoms with Crippen molar-refractivity contribution in [3.8, 4) is 0 Å². The molecule has 61 heavy (non-hydrogen) atoms. The fourth-order valence-electron chi connectivity index (χ4n) is 8.61. The first-order chi connectivity index (χ1) is 29.9. The van der Waals surface area contributed by atoms with Gasteiger partial charge in [-0.3, -0.25) is 4.79 Å². The molecule has 6 unspecified atom stereocenters. The third-order valence-electron chi connectivity index (χ3n) is 12.8. The van der Waals surface area contributed by atoms with E-state index in [0.29, 0.717) is 13.0 Å². The van der Waals surface area contributed by atoms with Crippen LogP contribution >= 0.6 is 0 Å². The van der Waals surface area contributed by atoms with Gasteiger partial charge in [-0.15, -0.1) is 0 Å². The number of carbonyl (C=O) groups excluding carboxylic acids is 1. The Morgan fingerprint density at radius 2 is 0.803 bits per heavy atom. The van der Waals surface area contributed by atoms with E-state index >= 15 is 0 Å². The molecule has 0 aliphatic carbocycles. The van der Waals surface area contributed by atoms with Gasteiger partial charge in [0.25, 0.3) is 0 Å². The van der Waals surface area contributed by atoms with Crippen molar-refractivity contribution in [3.63, 3.8) is 0 Å². The average molecular weight is 871 g/mol. The van der Waals surface area contributed by atoms with Crippen molar-refractivity contribution in [1.82, 2.24) is 0 Å². The number of rotatable bonds is 47. The Balaban J connectivity index is 2.17. The van der Waals surface area contributed by atoms with Crippen molar-refractivity contribution in [2.24, 2.45) is 0 Å². The molecule has 1 rings (SSSR count). The lowest BCUT2D eigenvalue weighted by Gasteiger charge is -2.39. The third-order valence-corrected chi connectivity index (χ3v) is 12.8. The van der Waals surface area contributed by atoms with Crippen LogP contribution in [0.5, 0.6) is 0 Å². The highest BCUT2D eigenvalue weighted by molar-refractivity contribution is 5.69. The van der Waals surface area contributed by atoms with Crippen molar-refractivity contribution in [2.75, 3.05) is 26.4 Å². The Morgan fingerprint density at radius 3 is 1.16 bits per heavy atom. The van der Waals surface area contributed by atoms with Crippen LogP contribution in [0.4, 0.5) is 0 Å². The van der Waals surface area contributed by atoms with Gasteiger partial charge in [-0.25, -0.2) is 0 Å². The molecule has 1 aliphatic heterocycles. The third kappa shape index (κ3) is 35.2. The smallest absolute Gasteiger partial charge is 0.306 e. The predicted octanol–water partition coefficient (Wildman–Crippen LogP) is 13.0. The van der Waals surface area contributed by atoms with E-state index in [2.05, 4.69) is 13.8 Å². The lowest BCUT2D eigenvalue weighted by atomic mass is 9.99. The summed E-state index contributed by atoms with van der Waals surface area (Å²) in [4.78, 5) is 12.8. The Bertz CT molecular complexity index is 904. The maximum absolute atomic E-state index is 12.8. The zero-order valence-electron chi connectivity index (χ0n) is 40.2. The van der Waals surface area contributed by atoms with E-state index in [0.717, 1.165) is 32.1 Å². The predicted molar refractivity (Wildman–Crippen MR) is 252 cm³/mol. The number of carbonyl (C=O) groups is 1. The Kier molecular flexibility index (Phi) is 42.4. The fourth-order valence-corrected chi connectivity index (χ4v) is 8.61. The summed E-state index contributed by atoms with van der Waals surface area (Å²) >= 11 is 0. The molecule has 0 aromatic carbocycles.